The number of carbonyl (C=O) groups excluding carboxylic acids is 1. The number of thiophene rings is 1. The van der Waals surface area contributed by atoms with E-state index in [0.29, 0.717) is 11.5 Å². The summed E-state index contributed by atoms with van der Waals surface area (Å²) in [6.07, 6.45) is -0.796. The van der Waals surface area contributed by atoms with E-state index in [1.807, 2.05) is 35.8 Å². The van der Waals surface area contributed by atoms with E-state index in [-0.39, 0.29) is 5.69 Å². The van der Waals surface area contributed by atoms with Gasteiger partial charge in [-0.15, -0.1) is 11.3 Å². The first kappa shape index (κ1) is 24.5. The minimum atomic E-state index is -4.49. The second-order valence-corrected chi connectivity index (χ2v) is 9.81. The number of H-pyrrole nitrogens is 1. The van der Waals surface area contributed by atoms with E-state index in [2.05, 4.69) is 32.7 Å². The van der Waals surface area contributed by atoms with Crippen LogP contribution < -0.4 is 16.4 Å². The number of alkyl halides is 3. The molecule has 0 atom stereocenters. The van der Waals surface area contributed by atoms with Crippen molar-refractivity contribution in [3.05, 3.63) is 96.1 Å². The van der Waals surface area contributed by atoms with E-state index < -0.39 is 17.8 Å². The van der Waals surface area contributed by atoms with Gasteiger partial charge in [-0.25, -0.2) is 9.78 Å². The lowest BCUT2D eigenvalue weighted by atomic mass is 10.0. The number of aromatic amines is 1. The fraction of sp³-hybridized carbons (Fsp3) is 0.0345. The number of rotatable bonds is 4. The molecular weight excluding hydrogens is 523 g/mol. The molecule has 0 aliphatic carbocycles. The van der Waals surface area contributed by atoms with Crippen molar-refractivity contribution in [1.82, 2.24) is 9.97 Å². The van der Waals surface area contributed by atoms with Crippen LogP contribution in [0.4, 0.5) is 35.2 Å². The van der Waals surface area contributed by atoms with E-state index in [1.165, 1.54) is 12.1 Å². The lowest BCUT2D eigenvalue weighted by molar-refractivity contribution is -0.137. The molecule has 0 radical (unpaired) electrons. The Balaban J connectivity index is 1.24. The first-order valence-electron chi connectivity index (χ1n) is 11.9. The number of nitrogens with one attached hydrogen (secondary N) is 3. The third-order valence-electron chi connectivity index (χ3n) is 6.39. The van der Waals surface area contributed by atoms with Crippen molar-refractivity contribution in [2.45, 2.75) is 6.18 Å². The Labute approximate surface area is 224 Å². The van der Waals surface area contributed by atoms with Crippen LogP contribution in [0.1, 0.15) is 5.56 Å². The molecule has 6 aromatic rings. The molecule has 0 saturated heterocycles. The van der Waals surface area contributed by atoms with Crippen LogP contribution in [-0.4, -0.2) is 16.0 Å². The van der Waals surface area contributed by atoms with Crippen LogP contribution >= 0.6 is 11.3 Å². The topological polar surface area (TPSA) is 95.8 Å². The van der Waals surface area contributed by atoms with Gasteiger partial charge in [0.15, 0.2) is 0 Å². The second-order valence-electron chi connectivity index (χ2n) is 8.93. The Kier molecular flexibility index (Phi) is 5.96. The number of fused-ring (bicyclic) bond motifs is 2. The summed E-state index contributed by atoms with van der Waals surface area (Å²) < 4.78 is 39.8. The van der Waals surface area contributed by atoms with Crippen molar-refractivity contribution in [2.24, 2.45) is 0 Å². The number of nitrogens with zero attached hydrogens (tertiary/aromatic N) is 1. The zero-order valence-electron chi connectivity index (χ0n) is 20.1. The number of pyridine rings is 1. The summed E-state index contributed by atoms with van der Waals surface area (Å²) in [7, 11) is 0. The van der Waals surface area contributed by atoms with Gasteiger partial charge in [0.05, 0.1) is 5.56 Å². The molecule has 10 heteroatoms. The summed E-state index contributed by atoms with van der Waals surface area (Å²) in [5.74, 6) is 0.426. The van der Waals surface area contributed by atoms with E-state index in [4.69, 9.17) is 5.73 Å². The highest BCUT2D eigenvalue weighted by Crippen LogP contribution is 2.42. The van der Waals surface area contributed by atoms with E-state index >= 15 is 0 Å². The van der Waals surface area contributed by atoms with Gasteiger partial charge in [-0.05, 0) is 70.4 Å². The van der Waals surface area contributed by atoms with Crippen molar-refractivity contribution in [1.29, 1.82) is 0 Å². The molecule has 5 N–H and O–H groups in total. The molecule has 0 aliphatic heterocycles. The van der Waals surface area contributed by atoms with Crippen molar-refractivity contribution in [3.63, 3.8) is 0 Å². The number of anilines is 3. The van der Waals surface area contributed by atoms with Gasteiger partial charge in [0.1, 0.15) is 5.82 Å². The maximum Gasteiger partial charge on any atom is 0.416 e. The van der Waals surface area contributed by atoms with Crippen molar-refractivity contribution in [3.8, 4) is 22.3 Å². The molecule has 39 heavy (non-hydrogen) atoms. The maximum atomic E-state index is 12.9. The number of amides is 2. The molecule has 0 unspecified atom stereocenters. The Morgan fingerprint density at radius 1 is 0.897 bits per heavy atom. The molecule has 6 rings (SSSR count). The maximum absolute atomic E-state index is 12.9. The first-order valence-corrected chi connectivity index (χ1v) is 12.7. The van der Waals surface area contributed by atoms with Crippen LogP contribution in [0.3, 0.4) is 0 Å². The molecule has 3 aromatic carbocycles. The highest BCUT2D eigenvalue weighted by Gasteiger charge is 2.30. The third kappa shape index (κ3) is 4.77. The van der Waals surface area contributed by atoms with E-state index in [1.54, 1.807) is 29.7 Å². The summed E-state index contributed by atoms with van der Waals surface area (Å²) >= 11 is 1.58. The van der Waals surface area contributed by atoms with Crippen LogP contribution in [-0.2, 0) is 6.18 Å². The van der Waals surface area contributed by atoms with Gasteiger partial charge in [-0.3, -0.25) is 0 Å². The predicted octanol–water partition coefficient (Wildman–Crippen LogP) is 8.36. The average molecular weight is 544 g/mol. The van der Waals surface area contributed by atoms with Gasteiger partial charge < -0.3 is 21.4 Å². The normalized spacial score (nSPS) is 11.7. The molecule has 0 bridgehead atoms. The second kappa shape index (κ2) is 9.48. The fourth-order valence-corrected chi connectivity index (χ4v) is 5.63. The van der Waals surface area contributed by atoms with Gasteiger partial charge in [-0.2, -0.15) is 13.2 Å². The van der Waals surface area contributed by atoms with Gasteiger partial charge in [0.2, 0.25) is 0 Å². The molecule has 6 nitrogen and oxygen atoms in total. The standard InChI is InChI=1S/C29H20F3N5OS/c30-29(31,32)19-2-1-3-21(13-19)37-28(38)36-20-7-4-16(5-8-20)23-15-39-26-22(14-35-27(33)25(23)26)17-6-9-24-18(12-17)10-11-34-24/h1-15,34H,(H2,33,35)(H2,36,37,38). The van der Waals surface area contributed by atoms with Gasteiger partial charge in [0.25, 0.3) is 0 Å². The smallest absolute Gasteiger partial charge is 0.383 e. The van der Waals surface area contributed by atoms with Gasteiger partial charge in [0, 0.05) is 50.5 Å². The quantitative estimate of drug-likeness (QED) is 0.180. The predicted molar refractivity (Wildman–Crippen MR) is 151 cm³/mol. The van der Waals surface area contributed by atoms with Gasteiger partial charge in [-0.1, -0.05) is 24.3 Å². The van der Waals surface area contributed by atoms with Crippen LogP contribution in [0.25, 0.3) is 43.2 Å². The van der Waals surface area contributed by atoms with Crippen LogP contribution in [0.2, 0.25) is 0 Å². The SMILES string of the molecule is Nc1ncc(-c2ccc3[nH]ccc3c2)c2scc(-c3ccc(NC(=O)Nc4cccc(C(F)(F)F)c4)cc3)c12. The first-order chi connectivity index (χ1) is 18.8. The molecule has 3 heterocycles. The number of benzene rings is 3. The average Bonchev–Trinajstić information content (AvgIpc) is 3.57. The molecule has 0 fully saturated rings. The third-order valence-corrected chi connectivity index (χ3v) is 7.40. The van der Waals surface area contributed by atoms with Crippen molar-refractivity contribution >= 4 is 55.5 Å². The fourth-order valence-electron chi connectivity index (χ4n) is 4.51. The number of urea groups is 1. The number of carbonyl (C=O) groups is 1. The number of nitrogens with two attached hydrogens (primary N) is 1. The minimum absolute atomic E-state index is 0.0399. The Morgan fingerprint density at radius 2 is 1.67 bits per heavy atom. The summed E-state index contributed by atoms with van der Waals surface area (Å²) in [5, 5.41) is 9.07. The van der Waals surface area contributed by atoms with Crippen LogP contribution in [0, 0.1) is 0 Å². The highest BCUT2D eigenvalue weighted by molar-refractivity contribution is 7.18. The number of hydrogen-bond donors (Lipinski definition) is 4. The van der Waals surface area contributed by atoms with Crippen molar-refractivity contribution in [2.75, 3.05) is 16.4 Å². The number of hydrogen-bond acceptors (Lipinski definition) is 4. The molecule has 3 aromatic heterocycles. The lowest BCUT2D eigenvalue weighted by Crippen LogP contribution is -2.19. The van der Waals surface area contributed by atoms with E-state index in [0.717, 1.165) is 55.4 Å². The van der Waals surface area contributed by atoms with Gasteiger partial charge >= 0.3 is 12.2 Å². The van der Waals surface area contributed by atoms with Crippen LogP contribution in [0.5, 0.6) is 0 Å². The Hall–Kier alpha value is -4.83. The summed E-state index contributed by atoms with van der Waals surface area (Å²) in [6.45, 7) is 0. The highest BCUT2D eigenvalue weighted by atomic mass is 32.1. The molecule has 0 aliphatic rings. The van der Waals surface area contributed by atoms with E-state index in [9.17, 15) is 18.0 Å². The molecule has 0 saturated carbocycles. The Bertz CT molecular complexity index is 1840. The largest absolute Gasteiger partial charge is 0.416 e. The number of halogens is 3. The zero-order chi connectivity index (χ0) is 27.1. The summed E-state index contributed by atoms with van der Waals surface area (Å²) in [6, 6.07) is 19.2. The number of nitrogen functional groups attached to an aromatic ring is 1. The zero-order valence-corrected chi connectivity index (χ0v) is 21.0. The molecule has 194 valence electrons. The van der Waals surface area contributed by atoms with Crippen LogP contribution in [0.15, 0.2) is 90.6 Å². The monoisotopic (exact) mass is 543 g/mol. The molecular formula is C29H20F3N5OS. The minimum Gasteiger partial charge on any atom is -0.383 e. The Morgan fingerprint density at radius 3 is 2.46 bits per heavy atom. The molecule has 2 amide bonds. The number of aromatic nitrogens is 2. The van der Waals surface area contributed by atoms with Crippen molar-refractivity contribution < 1.29 is 18.0 Å². The molecule has 0 spiro atoms. The summed E-state index contributed by atoms with van der Waals surface area (Å²) in [5.41, 5.74) is 10.9. The lowest BCUT2D eigenvalue weighted by Gasteiger charge is -2.11. The summed E-state index contributed by atoms with van der Waals surface area (Å²) in [4.78, 5) is 20.1.